The predicted molar refractivity (Wildman–Crippen MR) is 94.2 cm³/mol. The lowest BCUT2D eigenvalue weighted by Crippen LogP contribution is -2.43. The van der Waals surface area contributed by atoms with Gasteiger partial charge in [-0.05, 0) is 56.1 Å². The van der Waals surface area contributed by atoms with E-state index < -0.39 is 0 Å². The van der Waals surface area contributed by atoms with Gasteiger partial charge >= 0.3 is 0 Å². The molecule has 0 aliphatic carbocycles. The Bertz CT molecular complexity index is 498. The number of nitrogens with one attached hydrogen (secondary N) is 2. The summed E-state index contributed by atoms with van der Waals surface area (Å²) in [4.78, 5) is 4.26. The number of hydrogen-bond acceptors (Lipinski definition) is 2. The summed E-state index contributed by atoms with van der Waals surface area (Å²) in [7, 11) is 1.80. The first kappa shape index (κ1) is 17.1. The van der Waals surface area contributed by atoms with Crippen LogP contribution in [0.5, 0.6) is 0 Å². The average Bonchev–Trinajstić information content (AvgIpc) is 2.94. The molecular formula is C17H26FN3S. The Labute approximate surface area is 137 Å². The van der Waals surface area contributed by atoms with Gasteiger partial charge in [0.15, 0.2) is 5.96 Å². The molecule has 1 aliphatic rings. The van der Waals surface area contributed by atoms with Crippen LogP contribution in [-0.2, 0) is 6.42 Å². The molecule has 1 aliphatic heterocycles. The molecule has 1 aromatic rings. The standard InChI is InChI=1S/C17H26FN3S/c1-17(9-5-11-22-17)13-21-16(19-2)20-10-4-7-14-6-3-8-15(18)12-14/h3,6,8,12H,4-5,7,9-11,13H2,1-2H3,(H2,19,20,21). The second-order valence-electron chi connectivity index (χ2n) is 5.99. The van der Waals surface area contributed by atoms with E-state index in [1.54, 1.807) is 19.2 Å². The van der Waals surface area contributed by atoms with Crippen molar-refractivity contribution < 1.29 is 4.39 Å². The molecule has 22 heavy (non-hydrogen) atoms. The zero-order chi connectivity index (χ0) is 15.8. The van der Waals surface area contributed by atoms with Crippen molar-refractivity contribution in [1.29, 1.82) is 0 Å². The Hall–Kier alpha value is -1.23. The average molecular weight is 323 g/mol. The van der Waals surface area contributed by atoms with Gasteiger partial charge in [-0.2, -0.15) is 11.8 Å². The number of benzene rings is 1. The number of guanidine groups is 1. The zero-order valence-electron chi connectivity index (χ0n) is 13.5. The maximum absolute atomic E-state index is 13.1. The molecule has 2 N–H and O–H groups in total. The summed E-state index contributed by atoms with van der Waals surface area (Å²) in [5, 5.41) is 6.75. The molecule has 0 saturated carbocycles. The van der Waals surface area contributed by atoms with E-state index in [0.29, 0.717) is 4.75 Å². The lowest BCUT2D eigenvalue weighted by atomic mass is 10.1. The molecule has 1 saturated heterocycles. The normalized spacial score (nSPS) is 21.9. The maximum atomic E-state index is 13.1. The molecule has 5 heteroatoms. The smallest absolute Gasteiger partial charge is 0.191 e. The van der Waals surface area contributed by atoms with Crippen LogP contribution in [0, 0.1) is 5.82 Å². The number of rotatable bonds is 6. The fourth-order valence-corrected chi connectivity index (χ4v) is 3.90. The van der Waals surface area contributed by atoms with Gasteiger partial charge in [0, 0.05) is 24.9 Å². The van der Waals surface area contributed by atoms with Gasteiger partial charge in [0.2, 0.25) is 0 Å². The quantitative estimate of drug-likeness (QED) is 0.479. The molecule has 0 spiro atoms. The largest absolute Gasteiger partial charge is 0.356 e. The first-order valence-electron chi connectivity index (χ1n) is 7.94. The third-order valence-electron chi connectivity index (χ3n) is 3.98. The van der Waals surface area contributed by atoms with Gasteiger partial charge in [-0.15, -0.1) is 0 Å². The SMILES string of the molecule is CN=C(NCCCc1cccc(F)c1)NCC1(C)CCCS1. The maximum Gasteiger partial charge on any atom is 0.191 e. The van der Waals surface area contributed by atoms with Crippen LogP contribution < -0.4 is 10.6 Å². The highest BCUT2D eigenvalue weighted by Gasteiger charge is 2.29. The van der Waals surface area contributed by atoms with Crippen molar-refractivity contribution in [1.82, 2.24) is 10.6 Å². The van der Waals surface area contributed by atoms with Crippen LogP contribution in [0.2, 0.25) is 0 Å². The summed E-state index contributed by atoms with van der Waals surface area (Å²) in [6.45, 7) is 4.09. The highest BCUT2D eigenvalue weighted by Crippen LogP contribution is 2.36. The number of thioether (sulfide) groups is 1. The molecule has 0 aromatic heterocycles. The van der Waals surface area contributed by atoms with Crippen molar-refractivity contribution in [2.45, 2.75) is 37.4 Å². The van der Waals surface area contributed by atoms with Crippen LogP contribution in [0.3, 0.4) is 0 Å². The van der Waals surface area contributed by atoms with Crippen LogP contribution in [0.15, 0.2) is 29.3 Å². The van der Waals surface area contributed by atoms with E-state index >= 15 is 0 Å². The second-order valence-corrected chi connectivity index (χ2v) is 7.67. The fourth-order valence-electron chi connectivity index (χ4n) is 2.66. The topological polar surface area (TPSA) is 36.4 Å². The molecule has 2 rings (SSSR count). The van der Waals surface area contributed by atoms with Gasteiger partial charge in [0.05, 0.1) is 0 Å². The van der Waals surface area contributed by atoms with E-state index in [1.165, 1.54) is 24.7 Å². The first-order chi connectivity index (χ1) is 10.6. The van der Waals surface area contributed by atoms with E-state index in [2.05, 4.69) is 22.5 Å². The Morgan fingerprint density at radius 2 is 2.27 bits per heavy atom. The molecule has 1 aromatic carbocycles. The van der Waals surface area contributed by atoms with Crippen molar-refractivity contribution in [2.75, 3.05) is 25.9 Å². The van der Waals surface area contributed by atoms with E-state index in [4.69, 9.17) is 0 Å². The highest BCUT2D eigenvalue weighted by molar-refractivity contribution is 8.00. The van der Waals surface area contributed by atoms with Gasteiger partial charge < -0.3 is 10.6 Å². The van der Waals surface area contributed by atoms with Crippen LogP contribution in [0.25, 0.3) is 0 Å². The molecule has 1 fully saturated rings. The van der Waals surface area contributed by atoms with Crippen LogP contribution in [0.4, 0.5) is 4.39 Å². The minimum absolute atomic E-state index is 0.162. The lowest BCUT2D eigenvalue weighted by Gasteiger charge is -2.24. The summed E-state index contributed by atoms with van der Waals surface area (Å²) >= 11 is 2.04. The Kier molecular flexibility index (Phi) is 6.55. The third kappa shape index (κ3) is 5.52. The van der Waals surface area contributed by atoms with Gasteiger partial charge in [0.1, 0.15) is 5.82 Å². The second kappa shape index (κ2) is 8.42. The molecule has 3 nitrogen and oxygen atoms in total. The number of aliphatic imine (C=N–C) groups is 1. The molecule has 1 atom stereocenters. The van der Waals surface area contributed by atoms with Gasteiger partial charge in [-0.25, -0.2) is 4.39 Å². The third-order valence-corrected chi connectivity index (χ3v) is 5.52. The van der Waals surface area contributed by atoms with Crippen molar-refractivity contribution in [3.63, 3.8) is 0 Å². The Balaban J connectivity index is 1.66. The summed E-state index contributed by atoms with van der Waals surface area (Å²) < 4.78 is 13.4. The fraction of sp³-hybridized carbons (Fsp3) is 0.588. The Morgan fingerprint density at radius 1 is 1.41 bits per heavy atom. The zero-order valence-corrected chi connectivity index (χ0v) is 14.3. The molecule has 1 unspecified atom stereocenters. The van der Waals surface area contributed by atoms with Crippen molar-refractivity contribution in [3.8, 4) is 0 Å². The van der Waals surface area contributed by atoms with Crippen molar-refractivity contribution in [2.24, 2.45) is 4.99 Å². The highest BCUT2D eigenvalue weighted by atomic mass is 32.2. The van der Waals surface area contributed by atoms with Gasteiger partial charge in [-0.3, -0.25) is 4.99 Å². The monoisotopic (exact) mass is 323 g/mol. The first-order valence-corrected chi connectivity index (χ1v) is 8.93. The summed E-state index contributed by atoms with van der Waals surface area (Å²) in [5.41, 5.74) is 1.04. The van der Waals surface area contributed by atoms with Crippen LogP contribution in [0.1, 0.15) is 31.7 Å². The van der Waals surface area contributed by atoms with E-state index in [-0.39, 0.29) is 5.82 Å². The van der Waals surface area contributed by atoms with E-state index in [0.717, 1.165) is 37.5 Å². The van der Waals surface area contributed by atoms with Crippen molar-refractivity contribution in [3.05, 3.63) is 35.6 Å². The molecule has 0 bridgehead atoms. The summed E-state index contributed by atoms with van der Waals surface area (Å²) in [5.74, 6) is 1.95. The molecule has 0 amide bonds. The van der Waals surface area contributed by atoms with Crippen molar-refractivity contribution >= 4 is 17.7 Å². The number of aryl methyl sites for hydroxylation is 1. The van der Waals surface area contributed by atoms with E-state index in [1.807, 2.05) is 17.8 Å². The molecule has 122 valence electrons. The van der Waals surface area contributed by atoms with Gasteiger partial charge in [-0.1, -0.05) is 12.1 Å². The minimum atomic E-state index is -0.162. The molecule has 1 heterocycles. The van der Waals surface area contributed by atoms with Gasteiger partial charge in [0.25, 0.3) is 0 Å². The summed E-state index contributed by atoms with van der Waals surface area (Å²) in [6.07, 6.45) is 4.40. The summed E-state index contributed by atoms with van der Waals surface area (Å²) in [6, 6.07) is 6.81. The van der Waals surface area contributed by atoms with Crippen LogP contribution in [-0.4, -0.2) is 36.6 Å². The molecule has 0 radical (unpaired) electrons. The number of nitrogens with zero attached hydrogens (tertiary/aromatic N) is 1. The Morgan fingerprint density at radius 3 is 2.95 bits per heavy atom. The molecular weight excluding hydrogens is 297 g/mol. The lowest BCUT2D eigenvalue weighted by molar-refractivity contribution is 0.583. The number of hydrogen-bond donors (Lipinski definition) is 2. The van der Waals surface area contributed by atoms with Crippen LogP contribution >= 0.6 is 11.8 Å². The predicted octanol–water partition coefficient (Wildman–Crippen LogP) is 3.21. The minimum Gasteiger partial charge on any atom is -0.356 e. The van der Waals surface area contributed by atoms with E-state index in [9.17, 15) is 4.39 Å². The number of halogens is 1.